The maximum Gasteiger partial charge on any atom is 0.269 e. The van der Waals surface area contributed by atoms with Crippen molar-refractivity contribution >= 4 is 17.4 Å². The van der Waals surface area contributed by atoms with Gasteiger partial charge in [-0.3, -0.25) is 10.1 Å². The topological polar surface area (TPSA) is 66.9 Å². The Hall–Kier alpha value is -2.39. The van der Waals surface area contributed by atoms with Gasteiger partial charge in [0.2, 0.25) is 0 Å². The lowest BCUT2D eigenvalue weighted by Crippen LogP contribution is -1.90. The fourth-order valence-electron chi connectivity index (χ4n) is 1.58. The highest BCUT2D eigenvalue weighted by atomic mass is 32.2. The van der Waals surface area contributed by atoms with Crippen LogP contribution >= 0.6 is 11.8 Å². The van der Waals surface area contributed by atoms with E-state index in [2.05, 4.69) is 0 Å². The molecule has 100 valence electrons. The lowest BCUT2D eigenvalue weighted by Gasteiger charge is -2.04. The molecular weight excluding hydrogens is 279 g/mol. The molecule has 0 unspecified atom stereocenters. The minimum absolute atomic E-state index is 0.0204. The molecule has 0 fully saturated rings. The molecule has 2 aromatic carbocycles. The molecule has 0 N–H and O–H groups in total. The minimum Gasteiger partial charge on any atom is -0.258 e. The molecular formula is C14H9FN2O2S. The van der Waals surface area contributed by atoms with Gasteiger partial charge in [0.05, 0.1) is 16.6 Å². The first-order chi connectivity index (χ1) is 9.60. The number of nitrogens with zero attached hydrogens (tertiary/aromatic N) is 2. The molecule has 0 saturated carbocycles. The quantitative estimate of drug-likeness (QED) is 0.486. The van der Waals surface area contributed by atoms with Crippen molar-refractivity contribution in [3.63, 3.8) is 0 Å². The third-order valence-electron chi connectivity index (χ3n) is 2.62. The third-order valence-corrected chi connectivity index (χ3v) is 3.68. The van der Waals surface area contributed by atoms with Crippen LogP contribution in [0.1, 0.15) is 11.1 Å². The van der Waals surface area contributed by atoms with Gasteiger partial charge in [0, 0.05) is 22.8 Å². The van der Waals surface area contributed by atoms with Crippen molar-refractivity contribution < 1.29 is 9.31 Å². The van der Waals surface area contributed by atoms with E-state index < -0.39 is 4.92 Å². The first-order valence-corrected chi connectivity index (χ1v) is 6.64. The molecule has 0 saturated heterocycles. The highest BCUT2D eigenvalue weighted by Crippen LogP contribution is 2.26. The summed E-state index contributed by atoms with van der Waals surface area (Å²) in [6.45, 7) is 0. The lowest BCUT2D eigenvalue weighted by molar-refractivity contribution is -0.384. The number of nitro groups is 1. The van der Waals surface area contributed by atoms with Gasteiger partial charge in [-0.25, -0.2) is 4.39 Å². The van der Waals surface area contributed by atoms with Crippen molar-refractivity contribution in [2.24, 2.45) is 0 Å². The average molecular weight is 288 g/mol. The molecule has 20 heavy (non-hydrogen) atoms. The summed E-state index contributed by atoms with van der Waals surface area (Å²) >= 11 is 1.36. The molecule has 4 nitrogen and oxygen atoms in total. The predicted molar refractivity (Wildman–Crippen MR) is 73.8 cm³/mol. The first kappa shape index (κ1) is 14.0. The molecule has 0 radical (unpaired) electrons. The Bertz CT molecular complexity index is 681. The predicted octanol–water partition coefficient (Wildman–Crippen LogP) is 3.90. The number of hydrogen-bond donors (Lipinski definition) is 0. The number of hydrogen-bond acceptors (Lipinski definition) is 4. The zero-order valence-electron chi connectivity index (χ0n) is 10.2. The van der Waals surface area contributed by atoms with Crippen molar-refractivity contribution in [3.05, 3.63) is 69.5 Å². The van der Waals surface area contributed by atoms with Crippen LogP contribution in [0.4, 0.5) is 10.1 Å². The maximum atomic E-state index is 13.6. The van der Waals surface area contributed by atoms with E-state index in [0.29, 0.717) is 16.9 Å². The first-order valence-electron chi connectivity index (χ1n) is 5.66. The lowest BCUT2D eigenvalue weighted by atomic mass is 10.1. The zero-order chi connectivity index (χ0) is 14.5. The molecule has 0 aliphatic carbocycles. The van der Waals surface area contributed by atoms with E-state index in [9.17, 15) is 14.5 Å². The molecule has 0 bridgehead atoms. The molecule has 6 heteroatoms. The smallest absolute Gasteiger partial charge is 0.258 e. The minimum atomic E-state index is -0.468. The van der Waals surface area contributed by atoms with Gasteiger partial charge < -0.3 is 0 Å². The summed E-state index contributed by atoms with van der Waals surface area (Å²) in [6, 6.07) is 12.2. The summed E-state index contributed by atoms with van der Waals surface area (Å²) in [7, 11) is 0. The summed E-state index contributed by atoms with van der Waals surface area (Å²) in [4.78, 5) is 10.9. The monoisotopic (exact) mass is 288 g/mol. The van der Waals surface area contributed by atoms with Crippen LogP contribution in [0.2, 0.25) is 0 Å². The van der Waals surface area contributed by atoms with Crippen molar-refractivity contribution in [3.8, 4) is 6.07 Å². The highest BCUT2D eigenvalue weighted by molar-refractivity contribution is 7.98. The number of non-ortho nitro benzene ring substituents is 1. The van der Waals surface area contributed by atoms with E-state index in [1.807, 2.05) is 6.07 Å². The number of rotatable bonds is 4. The second kappa shape index (κ2) is 6.17. The van der Waals surface area contributed by atoms with E-state index >= 15 is 0 Å². The fourth-order valence-corrected chi connectivity index (χ4v) is 2.45. The molecule has 0 atom stereocenters. The van der Waals surface area contributed by atoms with E-state index in [4.69, 9.17) is 5.26 Å². The standard InChI is InChI=1S/C14H9FN2O2S/c15-14-6-1-10(8-16)7-11(14)9-20-13-4-2-12(3-5-13)17(18)19/h1-7H,9H2. The van der Waals surface area contributed by atoms with Crippen LogP contribution in [0.3, 0.4) is 0 Å². The molecule has 0 aliphatic rings. The Kier molecular flexibility index (Phi) is 4.33. The average Bonchev–Trinajstić information content (AvgIpc) is 2.47. The van der Waals surface area contributed by atoms with E-state index in [1.165, 1.54) is 42.1 Å². The summed E-state index contributed by atoms with van der Waals surface area (Å²) < 4.78 is 13.6. The Morgan fingerprint density at radius 1 is 1.25 bits per heavy atom. The Morgan fingerprint density at radius 2 is 1.95 bits per heavy atom. The van der Waals surface area contributed by atoms with E-state index in [1.54, 1.807) is 12.1 Å². The van der Waals surface area contributed by atoms with Gasteiger partial charge in [0.25, 0.3) is 5.69 Å². The van der Waals surface area contributed by atoms with E-state index in [0.717, 1.165) is 4.90 Å². The fraction of sp³-hybridized carbons (Fsp3) is 0.0714. The second-order valence-electron chi connectivity index (χ2n) is 3.96. The van der Waals surface area contributed by atoms with Gasteiger partial charge in [0.15, 0.2) is 0 Å². The van der Waals surface area contributed by atoms with E-state index in [-0.39, 0.29) is 11.5 Å². The van der Waals surface area contributed by atoms with Crippen LogP contribution in [-0.4, -0.2) is 4.92 Å². The van der Waals surface area contributed by atoms with Crippen molar-refractivity contribution in [2.75, 3.05) is 0 Å². The second-order valence-corrected chi connectivity index (χ2v) is 5.01. The van der Waals surface area contributed by atoms with Gasteiger partial charge in [0.1, 0.15) is 5.82 Å². The summed E-state index contributed by atoms with van der Waals surface area (Å²) in [5.74, 6) is -0.00230. The summed E-state index contributed by atoms with van der Waals surface area (Å²) in [5.41, 5.74) is 0.866. The van der Waals surface area contributed by atoms with Crippen LogP contribution in [0.25, 0.3) is 0 Å². The van der Waals surface area contributed by atoms with Gasteiger partial charge in [-0.2, -0.15) is 5.26 Å². The van der Waals surface area contributed by atoms with Gasteiger partial charge in [-0.05, 0) is 35.9 Å². The number of nitriles is 1. The van der Waals surface area contributed by atoms with Gasteiger partial charge >= 0.3 is 0 Å². The van der Waals surface area contributed by atoms with Crippen LogP contribution in [-0.2, 0) is 5.75 Å². The molecule has 0 aliphatic heterocycles. The van der Waals surface area contributed by atoms with Crippen LogP contribution in [0.5, 0.6) is 0 Å². The van der Waals surface area contributed by atoms with Crippen LogP contribution < -0.4 is 0 Å². The number of thioether (sulfide) groups is 1. The van der Waals surface area contributed by atoms with Crippen molar-refractivity contribution in [2.45, 2.75) is 10.6 Å². The van der Waals surface area contributed by atoms with Gasteiger partial charge in [-0.15, -0.1) is 11.8 Å². The van der Waals surface area contributed by atoms with Gasteiger partial charge in [-0.1, -0.05) is 0 Å². The van der Waals surface area contributed by atoms with Crippen LogP contribution in [0, 0.1) is 27.3 Å². The molecule has 0 spiro atoms. The van der Waals surface area contributed by atoms with Crippen LogP contribution in [0.15, 0.2) is 47.4 Å². The SMILES string of the molecule is N#Cc1ccc(F)c(CSc2ccc([N+](=O)[O-])cc2)c1. The number of nitro benzene ring substituents is 1. The largest absolute Gasteiger partial charge is 0.269 e. The molecule has 2 aromatic rings. The maximum absolute atomic E-state index is 13.6. The number of halogens is 1. The zero-order valence-corrected chi connectivity index (χ0v) is 11.1. The Morgan fingerprint density at radius 3 is 2.55 bits per heavy atom. The molecule has 0 amide bonds. The van der Waals surface area contributed by atoms with Crippen molar-refractivity contribution in [1.82, 2.24) is 0 Å². The number of benzene rings is 2. The molecule has 0 heterocycles. The summed E-state index contributed by atoms with van der Waals surface area (Å²) in [6.07, 6.45) is 0. The summed E-state index contributed by atoms with van der Waals surface area (Å²) in [5, 5.41) is 19.3. The molecule has 0 aromatic heterocycles. The Labute approximate surface area is 119 Å². The third kappa shape index (κ3) is 3.33. The highest BCUT2D eigenvalue weighted by Gasteiger charge is 2.07. The normalized spacial score (nSPS) is 10.0. The van der Waals surface area contributed by atoms with Crippen molar-refractivity contribution in [1.29, 1.82) is 5.26 Å². The molecule has 2 rings (SSSR count). The Balaban J connectivity index is 2.09.